The minimum Gasteiger partial charge on any atom is -0.478 e. The third kappa shape index (κ3) is 4.27. The third-order valence-corrected chi connectivity index (χ3v) is 6.94. The summed E-state index contributed by atoms with van der Waals surface area (Å²) in [6, 6.07) is 12.6. The van der Waals surface area contributed by atoms with Crippen molar-refractivity contribution >= 4 is 40.3 Å². The van der Waals surface area contributed by atoms with Crippen molar-refractivity contribution in [3.05, 3.63) is 91.9 Å². The van der Waals surface area contributed by atoms with E-state index in [1.807, 2.05) is 0 Å². The third-order valence-electron chi connectivity index (χ3n) is 6.31. The van der Waals surface area contributed by atoms with Crippen LogP contribution >= 0.6 is 23.2 Å². The molecule has 2 atom stereocenters. The van der Waals surface area contributed by atoms with E-state index >= 15 is 0 Å². The molecule has 0 aliphatic rings. The number of hydrogen-bond acceptors (Lipinski definition) is 4. The van der Waals surface area contributed by atoms with Crippen molar-refractivity contribution in [2.45, 2.75) is 24.6 Å². The Kier molecular flexibility index (Phi) is 6.45. The van der Waals surface area contributed by atoms with Crippen LogP contribution in [0.5, 0.6) is 0 Å². The predicted octanol–water partition coefficient (Wildman–Crippen LogP) is 6.03. The number of oxazole rings is 1. The fourth-order valence-corrected chi connectivity index (χ4v) is 4.87. The molecule has 0 saturated carbocycles. The van der Waals surface area contributed by atoms with Crippen LogP contribution in [0.4, 0.5) is 13.2 Å². The molecule has 11 heteroatoms. The summed E-state index contributed by atoms with van der Waals surface area (Å²) in [6.45, 7) is 1.20. The van der Waals surface area contributed by atoms with Crippen molar-refractivity contribution in [1.82, 2.24) is 4.57 Å². The number of aliphatic hydroxyl groups is 1. The molecule has 6 nitrogen and oxygen atoms in total. The summed E-state index contributed by atoms with van der Waals surface area (Å²) in [4.78, 5) is 23.1. The number of aromatic nitrogens is 1. The lowest BCUT2D eigenvalue weighted by Gasteiger charge is -2.37. The normalized spacial score (nSPS) is 14.6. The van der Waals surface area contributed by atoms with Gasteiger partial charge in [0.05, 0.1) is 21.5 Å². The SMILES string of the molecule is Cn1c(=O)oc2cc(C(C)(c3ccc(-c4ccc(C(=O)O)c(Cl)c4)cc3Cl)C(O)C(F)(F)F)ccc21. The molecule has 36 heavy (non-hydrogen) atoms. The maximum Gasteiger partial charge on any atom is 0.419 e. The van der Waals surface area contributed by atoms with Crippen molar-refractivity contribution in [2.75, 3.05) is 0 Å². The maximum absolute atomic E-state index is 13.9. The number of halogens is 5. The molecule has 4 rings (SSSR count). The summed E-state index contributed by atoms with van der Waals surface area (Å²) in [5, 5.41) is 19.6. The Bertz CT molecular complexity index is 1560. The molecular formula is C25H18Cl2F3NO5. The van der Waals surface area contributed by atoms with Crippen LogP contribution in [0.1, 0.15) is 28.4 Å². The molecule has 0 aliphatic carbocycles. The van der Waals surface area contributed by atoms with Gasteiger partial charge >= 0.3 is 17.9 Å². The van der Waals surface area contributed by atoms with Gasteiger partial charge in [-0.25, -0.2) is 9.59 Å². The van der Waals surface area contributed by atoms with Crippen molar-refractivity contribution in [2.24, 2.45) is 7.05 Å². The highest BCUT2D eigenvalue weighted by atomic mass is 35.5. The Morgan fingerprint density at radius 2 is 1.61 bits per heavy atom. The number of aromatic carboxylic acids is 1. The van der Waals surface area contributed by atoms with Gasteiger partial charge in [-0.1, -0.05) is 47.5 Å². The zero-order chi connectivity index (χ0) is 26.6. The summed E-state index contributed by atoms with van der Waals surface area (Å²) >= 11 is 12.5. The maximum atomic E-state index is 13.9. The minimum atomic E-state index is -5.01. The average molecular weight is 540 g/mol. The highest BCUT2D eigenvalue weighted by Crippen LogP contribution is 2.46. The summed E-state index contributed by atoms with van der Waals surface area (Å²) < 4.78 is 48.0. The molecule has 0 saturated heterocycles. The second-order valence-corrected chi connectivity index (χ2v) is 9.26. The predicted molar refractivity (Wildman–Crippen MR) is 129 cm³/mol. The van der Waals surface area contributed by atoms with E-state index in [1.165, 1.54) is 73.1 Å². The largest absolute Gasteiger partial charge is 0.478 e. The molecule has 0 fully saturated rings. The van der Waals surface area contributed by atoms with E-state index in [-0.39, 0.29) is 32.3 Å². The van der Waals surface area contributed by atoms with Gasteiger partial charge < -0.3 is 14.6 Å². The van der Waals surface area contributed by atoms with Crippen molar-refractivity contribution in [1.29, 1.82) is 0 Å². The zero-order valence-corrected chi connectivity index (χ0v) is 20.2. The van der Waals surface area contributed by atoms with E-state index < -0.39 is 29.4 Å². The Balaban J connectivity index is 1.88. The van der Waals surface area contributed by atoms with Crippen LogP contribution in [0.3, 0.4) is 0 Å². The fraction of sp³-hybridized carbons (Fsp3) is 0.200. The molecule has 1 heterocycles. The molecule has 0 spiro atoms. The van der Waals surface area contributed by atoms with Crippen LogP contribution in [0.15, 0.2) is 63.8 Å². The van der Waals surface area contributed by atoms with E-state index in [9.17, 15) is 27.9 Å². The van der Waals surface area contributed by atoms with Crippen LogP contribution in [0.25, 0.3) is 22.2 Å². The monoisotopic (exact) mass is 539 g/mol. The van der Waals surface area contributed by atoms with Crippen LogP contribution in [-0.2, 0) is 12.5 Å². The first-order valence-electron chi connectivity index (χ1n) is 10.4. The Morgan fingerprint density at radius 1 is 1.00 bits per heavy atom. The number of benzene rings is 3. The number of rotatable bonds is 5. The van der Waals surface area contributed by atoms with Crippen LogP contribution in [-0.4, -0.2) is 33.0 Å². The van der Waals surface area contributed by atoms with Gasteiger partial charge in [0.2, 0.25) is 0 Å². The molecule has 2 N–H and O–H groups in total. The summed E-state index contributed by atoms with van der Waals surface area (Å²) in [6.07, 6.45) is -7.87. The van der Waals surface area contributed by atoms with E-state index in [2.05, 4.69) is 0 Å². The standard InChI is InChI=1S/C25H18Cl2F3NO5/c1-24(22(34)25(28,29)30,14-5-8-19-20(11-14)36-23(35)31(19)2)16-7-4-13(10-18(16)27)12-3-6-15(21(32)33)17(26)9-12/h3-11,22,34H,1-2H3,(H,32,33). The number of nitrogens with zero attached hydrogens (tertiary/aromatic N) is 1. The lowest BCUT2D eigenvalue weighted by atomic mass is 9.71. The van der Waals surface area contributed by atoms with Crippen molar-refractivity contribution < 1.29 is 32.6 Å². The van der Waals surface area contributed by atoms with Crippen LogP contribution in [0, 0.1) is 0 Å². The smallest absolute Gasteiger partial charge is 0.419 e. The molecule has 0 aliphatic heterocycles. The lowest BCUT2D eigenvalue weighted by Crippen LogP contribution is -2.47. The highest BCUT2D eigenvalue weighted by molar-refractivity contribution is 6.34. The first-order chi connectivity index (χ1) is 16.7. The fourth-order valence-electron chi connectivity index (χ4n) is 4.23. The average Bonchev–Trinajstić information content (AvgIpc) is 3.09. The number of carboxylic acids is 1. The first kappa shape index (κ1) is 25.8. The molecule has 0 amide bonds. The van der Waals surface area contributed by atoms with Gasteiger partial charge in [-0.15, -0.1) is 0 Å². The van der Waals surface area contributed by atoms with Crippen LogP contribution in [0.2, 0.25) is 10.0 Å². The second-order valence-electron chi connectivity index (χ2n) is 8.45. The molecule has 2 unspecified atom stereocenters. The number of carbonyl (C=O) groups is 1. The van der Waals surface area contributed by atoms with E-state index in [1.54, 1.807) is 0 Å². The van der Waals surface area contributed by atoms with Crippen molar-refractivity contribution in [3.8, 4) is 11.1 Å². The van der Waals surface area contributed by atoms with Crippen LogP contribution < -0.4 is 5.76 Å². The summed E-state index contributed by atoms with van der Waals surface area (Å²) in [5.41, 5.74) is -0.799. The van der Waals surface area contributed by atoms with Gasteiger partial charge in [0.1, 0.15) is 0 Å². The van der Waals surface area contributed by atoms with E-state index in [0.717, 1.165) is 0 Å². The second kappa shape index (κ2) is 8.99. The number of aliphatic hydroxyl groups excluding tert-OH is 1. The highest BCUT2D eigenvalue weighted by Gasteiger charge is 2.53. The molecule has 188 valence electrons. The van der Waals surface area contributed by atoms with Gasteiger partial charge in [-0.05, 0) is 59.5 Å². The summed E-state index contributed by atoms with van der Waals surface area (Å²) in [7, 11) is 1.46. The number of alkyl halides is 3. The van der Waals surface area contributed by atoms with Gasteiger partial charge in [-0.2, -0.15) is 13.2 Å². The molecular weight excluding hydrogens is 522 g/mol. The zero-order valence-electron chi connectivity index (χ0n) is 18.7. The Morgan fingerprint density at radius 3 is 2.17 bits per heavy atom. The number of aryl methyl sites for hydroxylation is 1. The molecule has 0 radical (unpaired) electrons. The number of hydrogen-bond donors (Lipinski definition) is 2. The first-order valence-corrected chi connectivity index (χ1v) is 11.2. The van der Waals surface area contributed by atoms with Crippen molar-refractivity contribution in [3.63, 3.8) is 0 Å². The van der Waals surface area contributed by atoms with Gasteiger partial charge in [0.25, 0.3) is 0 Å². The summed E-state index contributed by atoms with van der Waals surface area (Å²) in [5.74, 6) is -1.89. The number of carboxylic acid groups (broad SMARTS) is 1. The topological polar surface area (TPSA) is 92.7 Å². The molecule has 0 bridgehead atoms. The quantitative estimate of drug-likeness (QED) is 0.323. The minimum absolute atomic E-state index is 0.0183. The Labute approximate surface area is 212 Å². The van der Waals surface area contributed by atoms with Gasteiger partial charge in [0, 0.05) is 12.1 Å². The lowest BCUT2D eigenvalue weighted by molar-refractivity contribution is -0.218. The van der Waals surface area contributed by atoms with Gasteiger partial charge in [-0.3, -0.25) is 4.57 Å². The molecule has 1 aromatic heterocycles. The number of fused-ring (bicyclic) bond motifs is 1. The Hall–Kier alpha value is -3.27. The van der Waals surface area contributed by atoms with E-state index in [4.69, 9.17) is 32.7 Å². The van der Waals surface area contributed by atoms with Gasteiger partial charge in [0.15, 0.2) is 11.7 Å². The molecule has 4 aromatic rings. The van der Waals surface area contributed by atoms with E-state index in [0.29, 0.717) is 16.6 Å². The molecule has 3 aromatic carbocycles.